The van der Waals surface area contributed by atoms with Gasteiger partial charge in [0, 0.05) is 54.2 Å². The lowest BCUT2D eigenvalue weighted by molar-refractivity contribution is -0.192. The second kappa shape index (κ2) is 13.8. The molecule has 6 rings (SSSR count). The monoisotopic (exact) mass is 704 g/mol. The maximum atomic E-state index is 16.2. The van der Waals surface area contributed by atoms with Crippen molar-refractivity contribution < 1.29 is 44.6 Å². The minimum Gasteiger partial charge on any atom is -0.497 e. The minimum atomic E-state index is -4.69. The number of rotatable bonds is 9. The fourth-order valence-corrected chi connectivity index (χ4v) is 7.94. The molecule has 0 spiro atoms. The van der Waals surface area contributed by atoms with Crippen LogP contribution in [0.4, 0.5) is 27.9 Å². The molecule has 49 heavy (non-hydrogen) atoms. The van der Waals surface area contributed by atoms with Crippen molar-refractivity contribution >= 4 is 16.0 Å². The van der Waals surface area contributed by atoms with Gasteiger partial charge in [-0.3, -0.25) is 4.90 Å². The highest BCUT2D eigenvalue weighted by Crippen LogP contribution is 2.49. The molecule has 3 aromatic carbocycles. The van der Waals surface area contributed by atoms with Crippen molar-refractivity contribution in [1.29, 1.82) is 0 Å². The minimum absolute atomic E-state index is 0.0286. The molecular weight excluding hydrogens is 671 g/mol. The van der Waals surface area contributed by atoms with Gasteiger partial charge >= 0.3 is 6.18 Å². The third-order valence-electron chi connectivity index (χ3n) is 8.99. The Labute approximate surface area is 280 Å². The Morgan fingerprint density at radius 1 is 0.959 bits per heavy atom. The van der Waals surface area contributed by atoms with Gasteiger partial charge in [-0.25, -0.2) is 31.5 Å². The first kappa shape index (κ1) is 34.4. The largest absolute Gasteiger partial charge is 0.497 e. The van der Waals surface area contributed by atoms with Crippen LogP contribution >= 0.6 is 0 Å². The molecule has 260 valence electrons. The predicted octanol–water partition coefficient (Wildman–Crippen LogP) is 7.01. The molecule has 0 saturated carbocycles. The van der Waals surface area contributed by atoms with Crippen LogP contribution < -0.4 is 18.5 Å². The van der Waals surface area contributed by atoms with Crippen molar-refractivity contribution in [2.24, 2.45) is 5.92 Å². The second-order valence-electron chi connectivity index (χ2n) is 11.8. The van der Waals surface area contributed by atoms with Gasteiger partial charge in [0.2, 0.25) is 5.95 Å². The van der Waals surface area contributed by atoms with Gasteiger partial charge in [-0.1, -0.05) is 12.1 Å². The van der Waals surface area contributed by atoms with Crippen LogP contribution in [0.15, 0.2) is 78.0 Å². The van der Waals surface area contributed by atoms with E-state index >= 15 is 4.39 Å². The molecule has 3 atom stereocenters. The molecule has 0 N–H and O–H groups in total. The Kier molecular flexibility index (Phi) is 9.67. The lowest BCUT2D eigenvalue weighted by atomic mass is 9.84. The Morgan fingerprint density at radius 3 is 2.37 bits per heavy atom. The number of hydrogen-bond acceptors (Lipinski definition) is 8. The average molecular weight is 705 g/mol. The summed E-state index contributed by atoms with van der Waals surface area (Å²) >= 11 is 0. The fourth-order valence-electron chi connectivity index (χ4n) is 6.52. The number of fused-ring (bicyclic) bond motifs is 1. The zero-order valence-electron chi connectivity index (χ0n) is 26.5. The van der Waals surface area contributed by atoms with E-state index in [9.17, 15) is 26.0 Å². The molecule has 1 fully saturated rings. The van der Waals surface area contributed by atoms with Gasteiger partial charge in [0.15, 0.2) is 0 Å². The van der Waals surface area contributed by atoms with Gasteiger partial charge in [-0.05, 0) is 61.3 Å². The van der Waals surface area contributed by atoms with Crippen molar-refractivity contribution in [2.45, 2.75) is 49.0 Å². The maximum absolute atomic E-state index is 16.2. The summed E-state index contributed by atoms with van der Waals surface area (Å²) in [6.45, 7) is -0.194. The number of sulfonamides is 1. The Bertz CT molecular complexity index is 1900. The molecule has 3 heterocycles. The fraction of sp³-hybridized carbons (Fsp3) is 0.353. The number of halogens is 5. The summed E-state index contributed by atoms with van der Waals surface area (Å²) < 4.78 is 118. The summed E-state index contributed by atoms with van der Waals surface area (Å²) in [5, 5.41) is 0. The number of methoxy groups -OCH3 is 2. The number of likely N-dealkylation sites (tertiary alicyclic amines) is 1. The van der Waals surface area contributed by atoms with Crippen molar-refractivity contribution in [3.63, 3.8) is 0 Å². The van der Waals surface area contributed by atoms with E-state index in [0.29, 0.717) is 34.6 Å². The number of aromatic nitrogens is 2. The van der Waals surface area contributed by atoms with Crippen LogP contribution in [0.1, 0.15) is 48.0 Å². The first-order chi connectivity index (χ1) is 23.4. The van der Waals surface area contributed by atoms with Crippen molar-refractivity contribution in [2.75, 3.05) is 31.7 Å². The van der Waals surface area contributed by atoms with Crippen LogP contribution in [0.5, 0.6) is 17.2 Å². The topological polar surface area (TPSA) is 94.1 Å². The molecule has 1 aromatic heterocycles. The van der Waals surface area contributed by atoms with Crippen LogP contribution in [0.25, 0.3) is 0 Å². The maximum Gasteiger partial charge on any atom is 0.391 e. The standard InChI is InChI=1S/C34H33F5N4O5S/c1-46-25-9-6-22(30(17-25)47-2)20-43(33-40-12-3-13-41-33)49(44,45)32-19-31-26(18-27(32)36)28(11-15-48-31)42-14-10-23(34(37,38)39)16-29(42)21-4-7-24(35)8-5-21/h3-9,12-13,17-19,23,28-29H,10-11,14-16,20H2,1-2H3/t23?,28-,29+/m1/s1. The van der Waals surface area contributed by atoms with Crippen molar-refractivity contribution in [3.05, 3.63) is 101 Å². The van der Waals surface area contributed by atoms with E-state index in [1.807, 2.05) is 4.90 Å². The molecule has 0 amide bonds. The van der Waals surface area contributed by atoms with Crippen molar-refractivity contribution in [3.8, 4) is 17.2 Å². The van der Waals surface area contributed by atoms with E-state index in [4.69, 9.17) is 14.2 Å². The Balaban J connectivity index is 1.38. The summed E-state index contributed by atoms with van der Waals surface area (Å²) in [4.78, 5) is 9.39. The number of anilines is 1. The third kappa shape index (κ3) is 6.99. The third-order valence-corrected chi connectivity index (χ3v) is 10.7. The molecule has 1 saturated heterocycles. The van der Waals surface area contributed by atoms with Gasteiger partial charge in [0.1, 0.15) is 33.8 Å². The van der Waals surface area contributed by atoms with E-state index in [-0.39, 0.29) is 44.2 Å². The smallest absolute Gasteiger partial charge is 0.391 e. The Hall–Kier alpha value is -4.50. The van der Waals surface area contributed by atoms with E-state index in [1.54, 1.807) is 18.2 Å². The zero-order chi connectivity index (χ0) is 34.9. The van der Waals surface area contributed by atoms with Gasteiger partial charge in [0.05, 0.1) is 33.3 Å². The first-order valence-corrected chi connectivity index (χ1v) is 16.9. The second-order valence-corrected chi connectivity index (χ2v) is 13.6. The zero-order valence-corrected chi connectivity index (χ0v) is 27.3. The molecule has 9 nitrogen and oxygen atoms in total. The number of ether oxygens (including phenoxy) is 3. The molecule has 0 aliphatic carbocycles. The van der Waals surface area contributed by atoms with Crippen molar-refractivity contribution in [1.82, 2.24) is 14.9 Å². The van der Waals surface area contributed by atoms with Crippen LogP contribution in [-0.2, 0) is 16.6 Å². The molecule has 0 bridgehead atoms. The first-order valence-electron chi connectivity index (χ1n) is 15.5. The van der Waals surface area contributed by atoms with E-state index < -0.39 is 50.7 Å². The highest BCUT2D eigenvalue weighted by Gasteiger charge is 2.47. The van der Waals surface area contributed by atoms with Gasteiger partial charge in [-0.2, -0.15) is 13.2 Å². The molecular formula is C34H33F5N4O5S. The highest BCUT2D eigenvalue weighted by molar-refractivity contribution is 7.92. The van der Waals surface area contributed by atoms with Crippen LogP contribution in [-0.4, -0.2) is 56.8 Å². The summed E-state index contributed by atoms with van der Waals surface area (Å²) in [6, 6.07) is 12.4. The summed E-state index contributed by atoms with van der Waals surface area (Å²) in [7, 11) is -1.80. The molecule has 0 radical (unpaired) electrons. The highest BCUT2D eigenvalue weighted by atomic mass is 32.2. The number of piperidine rings is 1. The Morgan fingerprint density at radius 2 is 1.69 bits per heavy atom. The van der Waals surface area contributed by atoms with Crippen LogP contribution in [0, 0.1) is 17.6 Å². The van der Waals surface area contributed by atoms with Gasteiger partial charge in [0.25, 0.3) is 10.0 Å². The average Bonchev–Trinajstić information content (AvgIpc) is 3.10. The quantitative estimate of drug-likeness (QED) is 0.172. The molecule has 15 heteroatoms. The van der Waals surface area contributed by atoms with Crippen LogP contribution in [0.2, 0.25) is 0 Å². The van der Waals surface area contributed by atoms with Gasteiger partial charge < -0.3 is 14.2 Å². The normalized spacial score (nSPS) is 19.9. The molecule has 2 aliphatic heterocycles. The van der Waals surface area contributed by atoms with Crippen LogP contribution in [0.3, 0.4) is 0 Å². The summed E-state index contributed by atoms with van der Waals surface area (Å²) in [6.07, 6.45) is -1.84. The van der Waals surface area contributed by atoms with E-state index in [0.717, 1.165) is 16.4 Å². The molecule has 4 aromatic rings. The lowest BCUT2D eigenvalue weighted by Crippen LogP contribution is -2.44. The molecule has 1 unspecified atom stereocenters. The summed E-state index contributed by atoms with van der Waals surface area (Å²) in [5.41, 5.74) is 1.22. The summed E-state index contributed by atoms with van der Waals surface area (Å²) in [5.74, 6) is -2.52. The number of alkyl halides is 3. The van der Waals surface area contributed by atoms with E-state index in [1.165, 1.54) is 56.9 Å². The predicted molar refractivity (Wildman–Crippen MR) is 169 cm³/mol. The van der Waals surface area contributed by atoms with Gasteiger partial charge in [-0.15, -0.1) is 0 Å². The SMILES string of the molecule is COc1ccc(CN(c2ncccn2)S(=O)(=O)c2cc3c(cc2F)[C@H](N2CCC(C(F)(F)F)C[C@H]2c2ccc(F)cc2)CCO3)c(OC)c1. The molecule has 2 aliphatic rings. The number of benzene rings is 3. The van der Waals surface area contributed by atoms with E-state index in [2.05, 4.69) is 9.97 Å². The lowest BCUT2D eigenvalue weighted by Gasteiger charge is -2.46. The number of nitrogens with zero attached hydrogens (tertiary/aromatic N) is 4. The number of hydrogen-bond donors (Lipinski definition) is 0.